The Labute approximate surface area is 92.8 Å². The van der Waals surface area contributed by atoms with Crippen LogP contribution in [0.2, 0.25) is 0 Å². The average molecular weight is 217 g/mol. The summed E-state index contributed by atoms with van der Waals surface area (Å²) in [5.74, 6) is 1.24. The summed E-state index contributed by atoms with van der Waals surface area (Å²) >= 11 is 1.57. The summed E-state index contributed by atoms with van der Waals surface area (Å²) in [6, 6.07) is 10.0. The Morgan fingerprint density at radius 1 is 1.20 bits per heavy atom. The first-order valence-corrected chi connectivity index (χ1v) is 5.39. The lowest BCUT2D eigenvalue weighted by atomic mass is 10.4. The van der Waals surface area contributed by atoms with Gasteiger partial charge in [-0.05, 0) is 19.1 Å². The van der Waals surface area contributed by atoms with Crippen molar-refractivity contribution in [2.75, 3.05) is 5.73 Å². The Hall–Kier alpha value is -1.55. The van der Waals surface area contributed by atoms with E-state index in [1.54, 1.807) is 18.0 Å². The molecule has 1 aromatic carbocycles. The first-order chi connectivity index (χ1) is 7.25. The molecule has 0 saturated carbocycles. The molecule has 0 saturated heterocycles. The zero-order valence-electron chi connectivity index (χ0n) is 8.34. The minimum atomic E-state index is 0.538. The molecule has 0 aliphatic rings. The molecule has 0 aliphatic heterocycles. The third-order valence-corrected chi connectivity index (χ3v) is 2.92. The van der Waals surface area contributed by atoms with Gasteiger partial charge in [0.2, 0.25) is 0 Å². The monoisotopic (exact) mass is 217 g/mol. The van der Waals surface area contributed by atoms with E-state index in [1.165, 1.54) is 0 Å². The summed E-state index contributed by atoms with van der Waals surface area (Å²) < 4.78 is 0. The van der Waals surface area contributed by atoms with Crippen LogP contribution < -0.4 is 5.73 Å². The number of rotatable bonds is 2. The van der Waals surface area contributed by atoms with Crippen LogP contribution in [0.5, 0.6) is 0 Å². The van der Waals surface area contributed by atoms with Crippen LogP contribution in [0.3, 0.4) is 0 Å². The van der Waals surface area contributed by atoms with E-state index in [-0.39, 0.29) is 0 Å². The molecular weight excluding hydrogens is 206 g/mol. The molecule has 0 radical (unpaired) electrons. The fourth-order valence-corrected chi connectivity index (χ4v) is 1.97. The van der Waals surface area contributed by atoms with Gasteiger partial charge in [-0.2, -0.15) is 0 Å². The zero-order chi connectivity index (χ0) is 10.7. The van der Waals surface area contributed by atoms with Crippen LogP contribution in [0.25, 0.3) is 0 Å². The molecule has 0 amide bonds. The summed E-state index contributed by atoms with van der Waals surface area (Å²) in [6.45, 7) is 1.83. The van der Waals surface area contributed by atoms with Crippen LogP contribution in [-0.2, 0) is 0 Å². The van der Waals surface area contributed by atoms with E-state index in [1.807, 2.05) is 37.3 Å². The summed E-state index contributed by atoms with van der Waals surface area (Å²) in [6.07, 6.45) is 1.76. The van der Waals surface area contributed by atoms with Crippen molar-refractivity contribution >= 4 is 17.6 Å². The number of aryl methyl sites for hydroxylation is 1. The van der Waals surface area contributed by atoms with Gasteiger partial charge in [-0.15, -0.1) is 0 Å². The molecule has 0 bridgehead atoms. The van der Waals surface area contributed by atoms with E-state index >= 15 is 0 Å². The largest absolute Gasteiger partial charge is 0.383 e. The van der Waals surface area contributed by atoms with Crippen molar-refractivity contribution in [1.82, 2.24) is 9.97 Å². The number of aromatic nitrogens is 2. The van der Waals surface area contributed by atoms with Gasteiger partial charge in [0.25, 0.3) is 0 Å². The summed E-state index contributed by atoms with van der Waals surface area (Å²) in [4.78, 5) is 10.3. The lowest BCUT2D eigenvalue weighted by Crippen LogP contribution is -1.97. The quantitative estimate of drug-likeness (QED) is 0.839. The maximum Gasteiger partial charge on any atom is 0.141 e. The fraction of sp³-hybridized carbons (Fsp3) is 0.0909. The SMILES string of the molecule is Cc1ncc(Sc2ccccc2)c(N)n1. The van der Waals surface area contributed by atoms with E-state index in [4.69, 9.17) is 5.73 Å². The number of hydrogen-bond acceptors (Lipinski definition) is 4. The zero-order valence-corrected chi connectivity index (χ0v) is 9.16. The Morgan fingerprint density at radius 3 is 2.60 bits per heavy atom. The summed E-state index contributed by atoms with van der Waals surface area (Å²) in [5.41, 5.74) is 5.80. The van der Waals surface area contributed by atoms with Crippen LogP contribution in [0, 0.1) is 6.92 Å². The van der Waals surface area contributed by atoms with Gasteiger partial charge in [-0.1, -0.05) is 30.0 Å². The van der Waals surface area contributed by atoms with Crippen LogP contribution in [0.4, 0.5) is 5.82 Å². The summed E-state index contributed by atoms with van der Waals surface area (Å²) in [7, 11) is 0. The number of benzene rings is 1. The highest BCUT2D eigenvalue weighted by Gasteiger charge is 2.03. The molecule has 0 unspecified atom stereocenters. The van der Waals surface area contributed by atoms with E-state index in [0.717, 1.165) is 9.79 Å². The Kier molecular flexibility index (Phi) is 2.87. The molecule has 0 atom stereocenters. The van der Waals surface area contributed by atoms with E-state index in [9.17, 15) is 0 Å². The van der Waals surface area contributed by atoms with Gasteiger partial charge >= 0.3 is 0 Å². The lowest BCUT2D eigenvalue weighted by molar-refractivity contribution is 1.02. The maximum absolute atomic E-state index is 5.80. The van der Waals surface area contributed by atoms with Crippen molar-refractivity contribution in [2.24, 2.45) is 0 Å². The van der Waals surface area contributed by atoms with Gasteiger partial charge in [-0.3, -0.25) is 0 Å². The molecule has 0 fully saturated rings. The Morgan fingerprint density at radius 2 is 1.93 bits per heavy atom. The predicted molar refractivity (Wildman–Crippen MR) is 61.7 cm³/mol. The molecule has 2 rings (SSSR count). The molecule has 3 nitrogen and oxygen atoms in total. The molecule has 1 aromatic heterocycles. The fourth-order valence-electron chi connectivity index (χ4n) is 1.17. The second-order valence-corrected chi connectivity index (χ2v) is 4.20. The maximum atomic E-state index is 5.80. The first kappa shape index (κ1) is 9.98. The Bertz CT molecular complexity index is 457. The smallest absolute Gasteiger partial charge is 0.141 e. The van der Waals surface area contributed by atoms with E-state index in [2.05, 4.69) is 9.97 Å². The van der Waals surface area contributed by atoms with Crippen molar-refractivity contribution < 1.29 is 0 Å². The van der Waals surface area contributed by atoms with Crippen LogP contribution >= 0.6 is 11.8 Å². The van der Waals surface area contributed by atoms with Gasteiger partial charge in [0.05, 0.1) is 4.90 Å². The molecule has 76 valence electrons. The van der Waals surface area contributed by atoms with Crippen LogP contribution in [-0.4, -0.2) is 9.97 Å². The van der Waals surface area contributed by atoms with Crippen molar-refractivity contribution in [2.45, 2.75) is 16.7 Å². The van der Waals surface area contributed by atoms with Gasteiger partial charge in [-0.25, -0.2) is 9.97 Å². The normalized spacial score (nSPS) is 10.2. The van der Waals surface area contributed by atoms with Crippen molar-refractivity contribution in [1.29, 1.82) is 0 Å². The van der Waals surface area contributed by atoms with Gasteiger partial charge in [0, 0.05) is 11.1 Å². The third kappa shape index (κ3) is 2.47. The molecule has 2 aromatic rings. The third-order valence-electron chi connectivity index (χ3n) is 1.87. The molecule has 0 aliphatic carbocycles. The average Bonchev–Trinajstić information content (AvgIpc) is 2.24. The van der Waals surface area contributed by atoms with Crippen LogP contribution in [0.15, 0.2) is 46.3 Å². The highest BCUT2D eigenvalue weighted by Crippen LogP contribution is 2.29. The highest BCUT2D eigenvalue weighted by atomic mass is 32.2. The van der Waals surface area contributed by atoms with E-state index < -0.39 is 0 Å². The van der Waals surface area contributed by atoms with Crippen molar-refractivity contribution in [3.8, 4) is 0 Å². The molecule has 4 heteroatoms. The second kappa shape index (κ2) is 4.31. The first-order valence-electron chi connectivity index (χ1n) is 4.58. The van der Waals surface area contributed by atoms with Gasteiger partial charge in [0.1, 0.15) is 11.6 Å². The topological polar surface area (TPSA) is 51.8 Å². The predicted octanol–water partition coefficient (Wildman–Crippen LogP) is 2.52. The standard InChI is InChI=1S/C11H11N3S/c1-8-13-7-10(11(12)14-8)15-9-5-3-2-4-6-9/h2-7H,1H3,(H2,12,13,14). The minimum absolute atomic E-state index is 0.538. The van der Waals surface area contributed by atoms with Crippen molar-refractivity contribution in [3.05, 3.63) is 42.4 Å². The van der Waals surface area contributed by atoms with E-state index in [0.29, 0.717) is 11.6 Å². The molecular formula is C11H11N3S. The van der Waals surface area contributed by atoms with Gasteiger partial charge < -0.3 is 5.73 Å². The number of anilines is 1. The summed E-state index contributed by atoms with van der Waals surface area (Å²) in [5, 5.41) is 0. The lowest BCUT2D eigenvalue weighted by Gasteiger charge is -2.04. The van der Waals surface area contributed by atoms with Crippen molar-refractivity contribution in [3.63, 3.8) is 0 Å². The second-order valence-electron chi connectivity index (χ2n) is 3.08. The highest BCUT2D eigenvalue weighted by molar-refractivity contribution is 7.99. The molecule has 1 heterocycles. The Balaban J connectivity index is 2.25. The van der Waals surface area contributed by atoms with Gasteiger partial charge in [0.15, 0.2) is 0 Å². The molecule has 2 N–H and O–H groups in total. The molecule has 15 heavy (non-hydrogen) atoms. The minimum Gasteiger partial charge on any atom is -0.383 e. The molecule has 0 spiro atoms. The number of hydrogen-bond donors (Lipinski definition) is 1. The van der Waals surface area contributed by atoms with Crippen LogP contribution in [0.1, 0.15) is 5.82 Å². The number of nitrogens with zero attached hydrogens (tertiary/aromatic N) is 2. The number of nitrogens with two attached hydrogens (primary N) is 1. The number of nitrogen functional groups attached to an aromatic ring is 1.